The molecule has 96 valence electrons. The molecule has 0 spiro atoms. The highest BCUT2D eigenvalue weighted by Gasteiger charge is 2.05. The second-order valence-corrected chi connectivity index (χ2v) is 4.47. The smallest absolute Gasteiger partial charge is 0.224 e. The molecule has 0 aliphatic heterocycles. The summed E-state index contributed by atoms with van der Waals surface area (Å²) in [5.41, 5.74) is 1.72. The van der Waals surface area contributed by atoms with E-state index < -0.39 is 0 Å². The number of rotatable bonds is 5. The molecule has 0 aliphatic rings. The monoisotopic (exact) mass is 245 g/mol. The Hall–Kier alpha value is -1.77. The third-order valence-corrected chi connectivity index (χ3v) is 2.95. The van der Waals surface area contributed by atoms with Crippen molar-refractivity contribution in [3.63, 3.8) is 0 Å². The van der Waals surface area contributed by atoms with Gasteiger partial charge >= 0.3 is 0 Å². The van der Waals surface area contributed by atoms with Crippen molar-refractivity contribution in [3.8, 4) is 0 Å². The maximum absolute atomic E-state index is 11.3. The number of hydrogen-bond donors (Lipinski definition) is 1. The molecule has 0 unspecified atom stereocenters. The first-order valence-corrected chi connectivity index (χ1v) is 6.55. The van der Waals surface area contributed by atoms with Crippen molar-refractivity contribution in [1.29, 1.82) is 0 Å². The number of anilines is 1. The van der Waals surface area contributed by atoms with E-state index in [4.69, 9.17) is 4.42 Å². The normalized spacial score (nSPS) is 10.8. The highest BCUT2D eigenvalue weighted by atomic mass is 16.3. The van der Waals surface area contributed by atoms with Crippen molar-refractivity contribution in [2.45, 2.75) is 39.5 Å². The van der Waals surface area contributed by atoms with Crippen LogP contribution in [0.15, 0.2) is 28.7 Å². The summed E-state index contributed by atoms with van der Waals surface area (Å²) in [7, 11) is 0. The van der Waals surface area contributed by atoms with Crippen LogP contribution in [0.4, 0.5) is 5.69 Å². The molecular weight excluding hydrogens is 226 g/mol. The summed E-state index contributed by atoms with van der Waals surface area (Å²) in [5, 5.41) is 3.91. The van der Waals surface area contributed by atoms with Crippen LogP contribution >= 0.6 is 0 Å². The first-order valence-electron chi connectivity index (χ1n) is 6.55. The van der Waals surface area contributed by atoms with Gasteiger partial charge in [0.25, 0.3) is 0 Å². The van der Waals surface area contributed by atoms with Crippen molar-refractivity contribution >= 4 is 22.6 Å². The van der Waals surface area contributed by atoms with Gasteiger partial charge in [-0.15, -0.1) is 0 Å². The number of benzene rings is 1. The standard InChI is InChI=1S/C15H19NO2/c1-3-5-6-13-10-11-9-12(16-15(17)4-2)7-8-14(11)18-13/h7-10H,3-6H2,1-2H3,(H,16,17). The number of hydrogen-bond acceptors (Lipinski definition) is 2. The molecule has 3 heteroatoms. The van der Waals surface area contributed by atoms with E-state index in [0.29, 0.717) is 6.42 Å². The Bertz CT molecular complexity index is 542. The molecule has 0 radical (unpaired) electrons. The molecule has 0 aliphatic carbocycles. The van der Waals surface area contributed by atoms with Gasteiger partial charge in [0.15, 0.2) is 0 Å². The predicted octanol–water partition coefficient (Wildman–Crippen LogP) is 4.12. The van der Waals surface area contributed by atoms with E-state index in [9.17, 15) is 4.79 Å². The lowest BCUT2D eigenvalue weighted by molar-refractivity contribution is -0.115. The van der Waals surface area contributed by atoms with Crippen LogP contribution in [0, 0.1) is 0 Å². The van der Waals surface area contributed by atoms with E-state index in [1.165, 1.54) is 0 Å². The fourth-order valence-corrected chi connectivity index (χ4v) is 1.90. The lowest BCUT2D eigenvalue weighted by Gasteiger charge is -2.02. The van der Waals surface area contributed by atoms with Gasteiger partial charge in [-0.1, -0.05) is 20.3 Å². The molecule has 1 aromatic carbocycles. The average Bonchev–Trinajstić information content (AvgIpc) is 2.78. The van der Waals surface area contributed by atoms with Crippen molar-refractivity contribution in [3.05, 3.63) is 30.0 Å². The van der Waals surface area contributed by atoms with E-state index in [1.807, 2.05) is 25.1 Å². The van der Waals surface area contributed by atoms with Gasteiger partial charge in [-0.05, 0) is 30.7 Å². The SMILES string of the molecule is CCCCc1cc2cc(NC(=O)CC)ccc2o1. The maximum Gasteiger partial charge on any atom is 0.224 e. The van der Waals surface area contributed by atoms with Crippen LogP contribution in [-0.2, 0) is 11.2 Å². The van der Waals surface area contributed by atoms with Crippen LogP contribution < -0.4 is 5.32 Å². The van der Waals surface area contributed by atoms with Gasteiger partial charge in [0.2, 0.25) is 5.91 Å². The number of aryl methyl sites for hydroxylation is 1. The third-order valence-electron chi connectivity index (χ3n) is 2.95. The second kappa shape index (κ2) is 5.71. The first-order chi connectivity index (χ1) is 8.72. The van der Waals surface area contributed by atoms with E-state index >= 15 is 0 Å². The predicted molar refractivity (Wildman–Crippen MR) is 73.7 cm³/mol. The minimum atomic E-state index is 0.0315. The van der Waals surface area contributed by atoms with Crippen LogP contribution in [0.2, 0.25) is 0 Å². The highest BCUT2D eigenvalue weighted by Crippen LogP contribution is 2.24. The topological polar surface area (TPSA) is 42.2 Å². The van der Waals surface area contributed by atoms with Crippen LogP contribution in [-0.4, -0.2) is 5.91 Å². The first kappa shape index (κ1) is 12.7. The molecule has 0 fully saturated rings. The molecule has 3 nitrogen and oxygen atoms in total. The van der Waals surface area contributed by atoms with Crippen LogP contribution in [0.5, 0.6) is 0 Å². The Morgan fingerprint density at radius 2 is 2.11 bits per heavy atom. The van der Waals surface area contributed by atoms with E-state index in [0.717, 1.165) is 41.7 Å². The van der Waals surface area contributed by atoms with Crippen molar-refractivity contribution in [1.82, 2.24) is 0 Å². The number of amides is 1. The van der Waals surface area contributed by atoms with Crippen molar-refractivity contribution < 1.29 is 9.21 Å². The lowest BCUT2D eigenvalue weighted by Crippen LogP contribution is -2.08. The van der Waals surface area contributed by atoms with Crippen LogP contribution in [0.25, 0.3) is 11.0 Å². The summed E-state index contributed by atoms with van der Waals surface area (Å²) < 4.78 is 5.74. The highest BCUT2D eigenvalue weighted by molar-refractivity contribution is 5.93. The Kier molecular flexibility index (Phi) is 4.03. The number of fused-ring (bicyclic) bond motifs is 1. The Labute approximate surface area is 107 Å². The summed E-state index contributed by atoms with van der Waals surface area (Å²) in [4.78, 5) is 11.3. The number of furan rings is 1. The molecule has 2 rings (SSSR count). The van der Waals surface area contributed by atoms with Crippen LogP contribution in [0.3, 0.4) is 0 Å². The lowest BCUT2D eigenvalue weighted by atomic mass is 10.2. The minimum absolute atomic E-state index is 0.0315. The average molecular weight is 245 g/mol. The van der Waals surface area contributed by atoms with Crippen LogP contribution in [0.1, 0.15) is 38.9 Å². The van der Waals surface area contributed by atoms with Gasteiger partial charge in [0, 0.05) is 23.9 Å². The van der Waals surface area contributed by atoms with E-state index in [-0.39, 0.29) is 5.91 Å². The maximum atomic E-state index is 11.3. The second-order valence-electron chi connectivity index (χ2n) is 4.47. The van der Waals surface area contributed by atoms with Crippen molar-refractivity contribution in [2.75, 3.05) is 5.32 Å². The van der Waals surface area contributed by atoms with Gasteiger partial charge in [0.1, 0.15) is 11.3 Å². The molecule has 2 aromatic rings. The van der Waals surface area contributed by atoms with Gasteiger partial charge in [-0.3, -0.25) is 4.79 Å². The number of carbonyl (C=O) groups is 1. The van der Waals surface area contributed by atoms with Gasteiger partial charge in [0.05, 0.1) is 0 Å². The molecule has 1 heterocycles. The molecule has 0 atom stereocenters. The molecule has 1 aromatic heterocycles. The fourth-order valence-electron chi connectivity index (χ4n) is 1.90. The fraction of sp³-hybridized carbons (Fsp3) is 0.400. The summed E-state index contributed by atoms with van der Waals surface area (Å²) in [6, 6.07) is 7.81. The summed E-state index contributed by atoms with van der Waals surface area (Å²) in [6.45, 7) is 4.01. The summed E-state index contributed by atoms with van der Waals surface area (Å²) in [5.74, 6) is 1.05. The largest absolute Gasteiger partial charge is 0.461 e. The zero-order valence-electron chi connectivity index (χ0n) is 11.0. The minimum Gasteiger partial charge on any atom is -0.461 e. The molecule has 1 amide bonds. The molecule has 0 saturated carbocycles. The van der Waals surface area contributed by atoms with E-state index in [2.05, 4.69) is 18.3 Å². The van der Waals surface area contributed by atoms with Crippen molar-refractivity contribution in [2.24, 2.45) is 0 Å². The number of nitrogens with one attached hydrogen (secondary N) is 1. The zero-order valence-corrected chi connectivity index (χ0v) is 11.0. The third kappa shape index (κ3) is 2.92. The molecule has 0 saturated heterocycles. The molecule has 0 bridgehead atoms. The van der Waals surface area contributed by atoms with Gasteiger partial charge < -0.3 is 9.73 Å². The zero-order chi connectivity index (χ0) is 13.0. The number of unbranched alkanes of at least 4 members (excludes halogenated alkanes) is 1. The molecular formula is C15H19NO2. The molecule has 18 heavy (non-hydrogen) atoms. The van der Waals surface area contributed by atoms with Gasteiger partial charge in [-0.25, -0.2) is 0 Å². The summed E-state index contributed by atoms with van der Waals surface area (Å²) >= 11 is 0. The number of carbonyl (C=O) groups excluding carboxylic acids is 1. The quantitative estimate of drug-likeness (QED) is 0.860. The van der Waals surface area contributed by atoms with Gasteiger partial charge in [-0.2, -0.15) is 0 Å². The summed E-state index contributed by atoms with van der Waals surface area (Å²) in [6.07, 6.45) is 3.76. The molecule has 1 N–H and O–H groups in total. The Balaban J connectivity index is 2.19. The van der Waals surface area contributed by atoms with E-state index in [1.54, 1.807) is 0 Å². The Morgan fingerprint density at radius 1 is 1.28 bits per heavy atom. The Morgan fingerprint density at radius 3 is 2.83 bits per heavy atom.